The Labute approximate surface area is 156 Å². The smallest absolute Gasteiger partial charge is 0.197 e. The molecule has 2 aromatic carbocycles. The van der Waals surface area contributed by atoms with Gasteiger partial charge >= 0.3 is 0 Å². The van der Waals surface area contributed by atoms with E-state index < -0.39 is 0 Å². The summed E-state index contributed by atoms with van der Waals surface area (Å²) >= 11 is 1.71. The molecule has 0 unspecified atom stereocenters. The summed E-state index contributed by atoms with van der Waals surface area (Å²) in [5.41, 5.74) is 4.43. The van der Waals surface area contributed by atoms with Crippen molar-refractivity contribution >= 4 is 38.0 Å². The van der Waals surface area contributed by atoms with Gasteiger partial charge in [-0.1, -0.05) is 35.6 Å². The normalized spacial score (nSPS) is 11.3. The molecule has 26 heavy (non-hydrogen) atoms. The highest BCUT2D eigenvalue weighted by molar-refractivity contribution is 7.23. The topological polar surface area (TPSA) is 41.8 Å². The highest BCUT2D eigenvalue weighted by atomic mass is 32.1. The Morgan fingerprint density at radius 2 is 1.88 bits per heavy atom. The molecule has 2 heterocycles. The Morgan fingerprint density at radius 1 is 1.12 bits per heavy atom. The second kappa shape index (κ2) is 6.97. The van der Waals surface area contributed by atoms with Gasteiger partial charge in [-0.15, -0.1) is 0 Å². The molecule has 0 saturated carbocycles. The van der Waals surface area contributed by atoms with Gasteiger partial charge in [-0.2, -0.15) is 0 Å². The maximum absolute atomic E-state index is 5.21. The van der Waals surface area contributed by atoms with Crippen molar-refractivity contribution < 1.29 is 4.74 Å². The van der Waals surface area contributed by atoms with Gasteiger partial charge in [-0.3, -0.25) is 4.40 Å². The lowest BCUT2D eigenvalue weighted by atomic mass is 10.1. The predicted octanol–water partition coefficient (Wildman–Crippen LogP) is 4.34. The van der Waals surface area contributed by atoms with E-state index in [2.05, 4.69) is 63.1 Å². The lowest BCUT2D eigenvalue weighted by molar-refractivity contribution is 0.210. The number of thiazole rings is 1. The van der Waals surface area contributed by atoms with Crippen LogP contribution in [0.4, 0.5) is 11.5 Å². The zero-order valence-electron chi connectivity index (χ0n) is 15.2. The summed E-state index contributed by atoms with van der Waals surface area (Å²) in [6.45, 7) is 1.38. The number of imidazole rings is 1. The van der Waals surface area contributed by atoms with Crippen molar-refractivity contribution in [3.8, 4) is 11.3 Å². The van der Waals surface area contributed by atoms with Crippen LogP contribution in [0, 0.1) is 0 Å². The molecule has 0 aliphatic rings. The Balaban J connectivity index is 1.86. The minimum atomic E-state index is 0.647. The van der Waals surface area contributed by atoms with E-state index in [9.17, 15) is 0 Å². The molecular formula is C20H22N4OS. The van der Waals surface area contributed by atoms with Gasteiger partial charge in [0.15, 0.2) is 4.96 Å². The summed E-state index contributed by atoms with van der Waals surface area (Å²) in [6, 6.07) is 16.9. The molecule has 0 amide bonds. The number of para-hydroxylation sites is 1. The Bertz CT molecular complexity index is 1030. The molecule has 0 saturated heterocycles. The van der Waals surface area contributed by atoms with Crippen LogP contribution in [0.2, 0.25) is 0 Å². The number of hydrogen-bond acceptors (Lipinski definition) is 5. The van der Waals surface area contributed by atoms with Crippen molar-refractivity contribution in [3.05, 3.63) is 48.5 Å². The molecule has 0 spiro atoms. The molecule has 4 rings (SSSR count). The van der Waals surface area contributed by atoms with Crippen molar-refractivity contribution in [1.29, 1.82) is 0 Å². The number of anilines is 2. The van der Waals surface area contributed by atoms with Gasteiger partial charge in [-0.25, -0.2) is 4.98 Å². The third-order valence-electron chi connectivity index (χ3n) is 4.41. The van der Waals surface area contributed by atoms with Crippen LogP contribution in [0.5, 0.6) is 0 Å². The molecule has 4 aromatic rings. The summed E-state index contributed by atoms with van der Waals surface area (Å²) in [6.07, 6.45) is 0. The van der Waals surface area contributed by atoms with Crippen LogP contribution in [-0.2, 0) is 4.74 Å². The zero-order chi connectivity index (χ0) is 18.1. The first-order valence-electron chi connectivity index (χ1n) is 8.59. The van der Waals surface area contributed by atoms with Gasteiger partial charge in [0.1, 0.15) is 11.5 Å². The SMILES string of the molecule is COCCNc1c(-c2ccc(N(C)C)cc2)nc2sc3ccccc3n12. The van der Waals surface area contributed by atoms with Gasteiger partial charge in [0, 0.05) is 39.0 Å². The maximum Gasteiger partial charge on any atom is 0.197 e. The van der Waals surface area contributed by atoms with Crippen molar-refractivity contribution in [2.45, 2.75) is 0 Å². The van der Waals surface area contributed by atoms with Crippen LogP contribution >= 0.6 is 11.3 Å². The molecule has 134 valence electrons. The summed E-state index contributed by atoms with van der Waals surface area (Å²) in [5, 5.41) is 3.52. The van der Waals surface area contributed by atoms with Crippen molar-refractivity contribution in [3.63, 3.8) is 0 Å². The maximum atomic E-state index is 5.21. The lowest BCUT2D eigenvalue weighted by Crippen LogP contribution is -2.10. The number of aromatic nitrogens is 2. The Morgan fingerprint density at radius 3 is 2.62 bits per heavy atom. The van der Waals surface area contributed by atoms with E-state index in [1.807, 2.05) is 14.1 Å². The minimum Gasteiger partial charge on any atom is -0.383 e. The van der Waals surface area contributed by atoms with E-state index in [1.165, 1.54) is 15.9 Å². The number of benzene rings is 2. The highest BCUT2D eigenvalue weighted by Gasteiger charge is 2.18. The van der Waals surface area contributed by atoms with Gasteiger partial charge in [0.2, 0.25) is 0 Å². The molecule has 0 atom stereocenters. The fourth-order valence-electron chi connectivity index (χ4n) is 3.07. The van der Waals surface area contributed by atoms with Crippen LogP contribution in [0.25, 0.3) is 26.4 Å². The van der Waals surface area contributed by atoms with Crippen LogP contribution in [0.3, 0.4) is 0 Å². The monoisotopic (exact) mass is 366 g/mol. The molecule has 6 heteroatoms. The molecule has 0 bridgehead atoms. The number of rotatable bonds is 6. The molecule has 5 nitrogen and oxygen atoms in total. The van der Waals surface area contributed by atoms with E-state index in [1.54, 1.807) is 18.4 Å². The van der Waals surface area contributed by atoms with Crippen LogP contribution in [-0.4, -0.2) is 43.7 Å². The Kier molecular flexibility index (Phi) is 4.53. The molecule has 0 aliphatic heterocycles. The van der Waals surface area contributed by atoms with Crippen molar-refractivity contribution in [2.24, 2.45) is 0 Å². The number of ether oxygens (including phenoxy) is 1. The lowest BCUT2D eigenvalue weighted by Gasteiger charge is -2.13. The first-order valence-corrected chi connectivity index (χ1v) is 9.41. The average molecular weight is 366 g/mol. The van der Waals surface area contributed by atoms with Crippen molar-refractivity contribution in [1.82, 2.24) is 9.38 Å². The molecule has 0 radical (unpaired) electrons. The summed E-state index contributed by atoms with van der Waals surface area (Å²) in [5.74, 6) is 1.02. The first-order chi connectivity index (χ1) is 12.7. The zero-order valence-corrected chi connectivity index (χ0v) is 16.0. The predicted molar refractivity (Wildman–Crippen MR) is 111 cm³/mol. The van der Waals surface area contributed by atoms with Gasteiger partial charge < -0.3 is 15.0 Å². The quantitative estimate of drug-likeness (QED) is 0.516. The third-order valence-corrected chi connectivity index (χ3v) is 5.43. The van der Waals surface area contributed by atoms with E-state index in [-0.39, 0.29) is 0 Å². The van der Waals surface area contributed by atoms with E-state index in [0.29, 0.717) is 6.61 Å². The van der Waals surface area contributed by atoms with E-state index in [0.717, 1.165) is 28.6 Å². The summed E-state index contributed by atoms with van der Waals surface area (Å²) < 4.78 is 8.66. The number of fused-ring (bicyclic) bond motifs is 3. The number of methoxy groups -OCH3 is 1. The molecule has 0 fully saturated rings. The fraction of sp³-hybridized carbons (Fsp3) is 0.250. The van der Waals surface area contributed by atoms with E-state index in [4.69, 9.17) is 9.72 Å². The van der Waals surface area contributed by atoms with E-state index >= 15 is 0 Å². The average Bonchev–Trinajstić information content (AvgIpc) is 3.18. The van der Waals surface area contributed by atoms with Gasteiger partial charge in [0.05, 0.1) is 16.8 Å². The number of nitrogens with one attached hydrogen (secondary N) is 1. The standard InChI is InChI=1S/C20H22N4OS/c1-23(2)15-10-8-14(9-11-15)18-19(21-12-13-25-3)24-16-6-4-5-7-17(16)26-20(24)22-18/h4-11,21H,12-13H2,1-3H3. The molecule has 1 N–H and O–H groups in total. The fourth-order valence-corrected chi connectivity index (χ4v) is 4.10. The third kappa shape index (κ3) is 2.91. The second-order valence-electron chi connectivity index (χ2n) is 6.36. The molecule has 0 aliphatic carbocycles. The first kappa shape index (κ1) is 16.9. The highest BCUT2D eigenvalue weighted by Crippen LogP contribution is 2.36. The van der Waals surface area contributed by atoms with Gasteiger partial charge in [-0.05, 0) is 24.3 Å². The molecular weight excluding hydrogens is 344 g/mol. The Hall–Kier alpha value is -2.57. The number of hydrogen-bond donors (Lipinski definition) is 1. The minimum absolute atomic E-state index is 0.647. The molecule has 2 aromatic heterocycles. The van der Waals surface area contributed by atoms with Crippen molar-refractivity contribution in [2.75, 3.05) is 44.6 Å². The second-order valence-corrected chi connectivity index (χ2v) is 7.37. The largest absolute Gasteiger partial charge is 0.383 e. The number of nitrogens with zero attached hydrogens (tertiary/aromatic N) is 3. The van der Waals surface area contributed by atoms with Gasteiger partial charge in [0.25, 0.3) is 0 Å². The van der Waals surface area contributed by atoms with Crippen LogP contribution in [0.15, 0.2) is 48.5 Å². The van der Waals surface area contributed by atoms with Crippen LogP contribution in [0.1, 0.15) is 0 Å². The summed E-state index contributed by atoms with van der Waals surface area (Å²) in [4.78, 5) is 8.03. The van der Waals surface area contributed by atoms with Crippen LogP contribution < -0.4 is 10.2 Å². The summed E-state index contributed by atoms with van der Waals surface area (Å²) in [7, 11) is 5.81.